The van der Waals surface area contributed by atoms with E-state index in [-0.39, 0.29) is 21.9 Å². The summed E-state index contributed by atoms with van der Waals surface area (Å²) in [6.45, 7) is 0.158. The highest BCUT2D eigenvalue weighted by Gasteiger charge is 2.22. The van der Waals surface area contributed by atoms with E-state index < -0.39 is 25.8 Å². The molecular formula is C23H24N2O6S2. The van der Waals surface area contributed by atoms with Crippen LogP contribution in [0.25, 0.3) is 0 Å². The van der Waals surface area contributed by atoms with E-state index >= 15 is 0 Å². The van der Waals surface area contributed by atoms with Gasteiger partial charge in [0.25, 0.3) is 15.9 Å². The molecule has 0 saturated heterocycles. The van der Waals surface area contributed by atoms with E-state index in [2.05, 4.69) is 5.32 Å². The van der Waals surface area contributed by atoms with Gasteiger partial charge < -0.3 is 10.1 Å². The summed E-state index contributed by atoms with van der Waals surface area (Å²) in [5.74, 6) is 0.153. The monoisotopic (exact) mass is 488 g/mol. The summed E-state index contributed by atoms with van der Waals surface area (Å²) in [6.07, 6.45) is 1.12. The van der Waals surface area contributed by atoms with Gasteiger partial charge in [-0.3, -0.25) is 9.10 Å². The predicted octanol–water partition coefficient (Wildman–Crippen LogP) is 2.85. The molecular weight excluding hydrogens is 464 g/mol. The number of amides is 1. The van der Waals surface area contributed by atoms with Gasteiger partial charge in [-0.25, -0.2) is 16.8 Å². The number of benzene rings is 3. The van der Waals surface area contributed by atoms with Crippen molar-refractivity contribution in [3.8, 4) is 5.75 Å². The fraction of sp³-hybridized carbons (Fsp3) is 0.174. The minimum Gasteiger partial charge on any atom is -0.497 e. The molecule has 0 bridgehead atoms. The predicted molar refractivity (Wildman–Crippen MR) is 126 cm³/mol. The summed E-state index contributed by atoms with van der Waals surface area (Å²) in [4.78, 5) is 12.8. The summed E-state index contributed by atoms with van der Waals surface area (Å²) >= 11 is 0. The Hall–Kier alpha value is -3.37. The molecule has 0 aliphatic heterocycles. The van der Waals surface area contributed by atoms with Gasteiger partial charge in [-0.05, 0) is 60.2 Å². The summed E-state index contributed by atoms with van der Waals surface area (Å²) in [5.41, 5.74) is 1.34. The largest absolute Gasteiger partial charge is 0.497 e. The van der Waals surface area contributed by atoms with E-state index in [1.807, 2.05) is 0 Å². The number of hydrogen-bond acceptors (Lipinski definition) is 6. The van der Waals surface area contributed by atoms with Crippen LogP contribution in [0.5, 0.6) is 5.75 Å². The normalized spacial score (nSPS) is 11.6. The van der Waals surface area contributed by atoms with Crippen molar-refractivity contribution < 1.29 is 26.4 Å². The van der Waals surface area contributed by atoms with Crippen molar-refractivity contribution in [3.63, 3.8) is 0 Å². The van der Waals surface area contributed by atoms with Gasteiger partial charge in [-0.15, -0.1) is 0 Å². The zero-order valence-electron chi connectivity index (χ0n) is 18.3. The first-order chi connectivity index (χ1) is 15.5. The quantitative estimate of drug-likeness (QED) is 0.522. The Morgan fingerprint density at radius 3 is 2.12 bits per heavy atom. The molecule has 3 aromatic rings. The number of hydrogen-bond donors (Lipinski definition) is 1. The highest BCUT2D eigenvalue weighted by atomic mass is 32.2. The maximum absolute atomic E-state index is 13.1. The van der Waals surface area contributed by atoms with Crippen molar-refractivity contribution in [2.24, 2.45) is 0 Å². The molecule has 0 aromatic heterocycles. The van der Waals surface area contributed by atoms with Crippen molar-refractivity contribution in [1.82, 2.24) is 5.32 Å². The number of carbonyl (C=O) groups is 1. The zero-order chi connectivity index (χ0) is 24.2. The lowest BCUT2D eigenvalue weighted by Gasteiger charge is -2.20. The SMILES string of the molecule is COc1ccc(N(C)S(=O)(=O)c2cccc(C(=O)NCc3ccc(S(C)(=O)=O)cc3)c2)cc1. The third kappa shape index (κ3) is 5.71. The Morgan fingerprint density at radius 2 is 1.55 bits per heavy atom. The Balaban J connectivity index is 1.74. The number of carbonyl (C=O) groups excluding carboxylic acids is 1. The van der Waals surface area contributed by atoms with Crippen LogP contribution in [0.2, 0.25) is 0 Å². The highest BCUT2D eigenvalue weighted by molar-refractivity contribution is 7.92. The van der Waals surface area contributed by atoms with Gasteiger partial charge in [0.2, 0.25) is 0 Å². The number of sulfonamides is 1. The Labute approximate surface area is 193 Å². The first kappa shape index (κ1) is 24.3. The first-order valence-corrected chi connectivity index (χ1v) is 13.2. The molecule has 33 heavy (non-hydrogen) atoms. The van der Waals surface area contributed by atoms with Crippen LogP contribution >= 0.6 is 0 Å². The average Bonchev–Trinajstić information content (AvgIpc) is 2.82. The Bertz CT molecular complexity index is 1350. The average molecular weight is 489 g/mol. The lowest BCUT2D eigenvalue weighted by molar-refractivity contribution is 0.0950. The van der Waals surface area contributed by atoms with Gasteiger partial charge in [-0.2, -0.15) is 0 Å². The minimum atomic E-state index is -3.90. The summed E-state index contributed by atoms with van der Waals surface area (Å²) in [5, 5.41) is 2.71. The number of rotatable bonds is 8. The third-order valence-electron chi connectivity index (χ3n) is 5.00. The lowest BCUT2D eigenvalue weighted by atomic mass is 10.2. The topological polar surface area (TPSA) is 110 Å². The Kier molecular flexibility index (Phi) is 7.09. The number of nitrogens with zero attached hydrogens (tertiary/aromatic N) is 1. The fourth-order valence-electron chi connectivity index (χ4n) is 3.03. The molecule has 0 spiro atoms. The number of nitrogens with one attached hydrogen (secondary N) is 1. The van der Waals surface area contributed by atoms with Crippen LogP contribution in [0.4, 0.5) is 5.69 Å². The summed E-state index contributed by atoms with van der Waals surface area (Å²) in [7, 11) is -4.24. The van der Waals surface area contributed by atoms with E-state index in [0.29, 0.717) is 17.0 Å². The molecule has 174 valence electrons. The fourth-order valence-corrected chi connectivity index (χ4v) is 4.90. The second kappa shape index (κ2) is 9.63. The molecule has 1 N–H and O–H groups in total. The van der Waals surface area contributed by atoms with Gasteiger partial charge in [0.15, 0.2) is 9.84 Å². The molecule has 0 saturated carbocycles. The van der Waals surface area contributed by atoms with Gasteiger partial charge in [0.1, 0.15) is 5.75 Å². The van der Waals surface area contributed by atoms with E-state index in [0.717, 1.165) is 10.6 Å². The van der Waals surface area contributed by atoms with Gasteiger partial charge in [0, 0.05) is 25.4 Å². The van der Waals surface area contributed by atoms with Crippen LogP contribution in [0.3, 0.4) is 0 Å². The number of anilines is 1. The molecule has 0 heterocycles. The van der Waals surface area contributed by atoms with Crippen LogP contribution in [0.1, 0.15) is 15.9 Å². The second-order valence-electron chi connectivity index (χ2n) is 7.30. The molecule has 0 atom stereocenters. The van der Waals surface area contributed by atoms with Crippen molar-refractivity contribution in [3.05, 3.63) is 83.9 Å². The molecule has 0 unspecified atom stereocenters. The zero-order valence-corrected chi connectivity index (χ0v) is 20.0. The molecule has 3 aromatic carbocycles. The lowest BCUT2D eigenvalue weighted by Crippen LogP contribution is -2.27. The van der Waals surface area contributed by atoms with Crippen molar-refractivity contribution in [2.45, 2.75) is 16.3 Å². The third-order valence-corrected chi connectivity index (χ3v) is 7.91. The standard InChI is InChI=1S/C23H24N2O6S2/c1-25(19-9-11-20(31-2)12-10-19)33(29,30)22-6-4-5-18(15-22)23(26)24-16-17-7-13-21(14-8-17)32(3,27)28/h4-15H,16H2,1-3H3,(H,24,26). The molecule has 8 nitrogen and oxygen atoms in total. The van der Waals surface area contributed by atoms with Crippen LogP contribution in [-0.4, -0.2) is 43.2 Å². The van der Waals surface area contributed by atoms with Crippen molar-refractivity contribution >= 4 is 31.5 Å². The van der Waals surface area contributed by atoms with Crippen LogP contribution in [-0.2, 0) is 26.4 Å². The molecule has 3 rings (SSSR count). The van der Waals surface area contributed by atoms with E-state index in [4.69, 9.17) is 4.74 Å². The molecule has 1 amide bonds. The van der Waals surface area contributed by atoms with Gasteiger partial charge >= 0.3 is 0 Å². The molecule has 0 aliphatic carbocycles. The maximum atomic E-state index is 13.1. The second-order valence-corrected chi connectivity index (χ2v) is 11.3. The van der Waals surface area contributed by atoms with Crippen molar-refractivity contribution in [2.75, 3.05) is 24.7 Å². The minimum absolute atomic E-state index is 0.0222. The van der Waals surface area contributed by atoms with E-state index in [9.17, 15) is 21.6 Å². The first-order valence-electron chi connectivity index (χ1n) is 9.82. The summed E-state index contributed by atoms with van der Waals surface area (Å²) < 4.78 is 55.5. The van der Waals surface area contributed by atoms with Gasteiger partial charge in [-0.1, -0.05) is 18.2 Å². The Morgan fingerprint density at radius 1 is 0.909 bits per heavy atom. The number of methoxy groups -OCH3 is 1. The number of sulfone groups is 1. The smallest absolute Gasteiger partial charge is 0.264 e. The highest BCUT2D eigenvalue weighted by Crippen LogP contribution is 2.24. The number of ether oxygens (including phenoxy) is 1. The molecule has 0 fully saturated rings. The summed E-state index contributed by atoms with van der Waals surface area (Å²) in [6, 6.07) is 18.5. The molecule has 0 aliphatic rings. The van der Waals surface area contributed by atoms with Crippen LogP contribution in [0, 0.1) is 0 Å². The van der Waals surface area contributed by atoms with Gasteiger partial charge in [0.05, 0.1) is 22.6 Å². The van der Waals surface area contributed by atoms with Crippen LogP contribution < -0.4 is 14.4 Å². The molecule has 10 heteroatoms. The van der Waals surface area contributed by atoms with E-state index in [1.54, 1.807) is 36.4 Å². The maximum Gasteiger partial charge on any atom is 0.264 e. The van der Waals surface area contributed by atoms with Crippen molar-refractivity contribution in [1.29, 1.82) is 0 Å². The molecule has 0 radical (unpaired) electrons. The van der Waals surface area contributed by atoms with Crippen LogP contribution in [0.15, 0.2) is 82.6 Å². The van der Waals surface area contributed by atoms with E-state index in [1.165, 1.54) is 50.6 Å².